The summed E-state index contributed by atoms with van der Waals surface area (Å²) in [7, 11) is 0. The normalized spacial score (nSPS) is 11.3. The maximum Gasteiger partial charge on any atom is 0.137 e. The largest absolute Gasteiger partial charge is 0.289 e. The molecule has 0 radical (unpaired) electrons. The summed E-state index contributed by atoms with van der Waals surface area (Å²) < 4.78 is 1.86. The van der Waals surface area contributed by atoms with Crippen LogP contribution >= 0.6 is 11.6 Å². The van der Waals surface area contributed by atoms with Crippen LogP contribution in [0.4, 0.5) is 0 Å². The molecule has 0 N–H and O–H groups in total. The van der Waals surface area contributed by atoms with Gasteiger partial charge in [-0.3, -0.25) is 9.58 Å². The lowest BCUT2D eigenvalue weighted by Crippen LogP contribution is -2.34. The molecule has 24 heavy (non-hydrogen) atoms. The zero-order chi connectivity index (χ0) is 16.6. The Morgan fingerprint density at radius 1 is 0.917 bits per heavy atom. The summed E-state index contributed by atoms with van der Waals surface area (Å²) in [6.45, 7) is 2.45. The molecule has 0 aliphatic carbocycles. The van der Waals surface area contributed by atoms with Crippen LogP contribution in [0, 0.1) is 0 Å². The Bertz CT molecular complexity index is 661. The Kier molecular flexibility index (Phi) is 5.99. The molecule has 4 nitrogen and oxygen atoms in total. The van der Waals surface area contributed by atoms with Gasteiger partial charge in [-0.25, -0.2) is 4.98 Å². The molecule has 0 atom stereocenters. The van der Waals surface area contributed by atoms with E-state index in [9.17, 15) is 0 Å². The quantitative estimate of drug-likeness (QED) is 0.587. The topological polar surface area (TPSA) is 34.0 Å². The summed E-state index contributed by atoms with van der Waals surface area (Å²) in [5.74, 6) is 0.591. The first kappa shape index (κ1) is 16.7. The number of hydrogen-bond donors (Lipinski definition) is 0. The molecule has 0 bridgehead atoms. The molecule has 0 aliphatic heterocycles. The van der Waals surface area contributed by atoms with Gasteiger partial charge in [-0.05, 0) is 11.1 Å². The summed E-state index contributed by atoms with van der Waals surface area (Å²) in [6.07, 6.45) is 3.32. The predicted molar refractivity (Wildman–Crippen MR) is 97.0 cm³/mol. The van der Waals surface area contributed by atoms with Crippen molar-refractivity contribution in [2.75, 3.05) is 19.0 Å². The van der Waals surface area contributed by atoms with Crippen LogP contribution < -0.4 is 0 Å². The maximum absolute atomic E-state index is 6.10. The lowest BCUT2D eigenvalue weighted by molar-refractivity contribution is 0.226. The van der Waals surface area contributed by atoms with Gasteiger partial charge in [0.2, 0.25) is 0 Å². The van der Waals surface area contributed by atoms with Gasteiger partial charge in [0.05, 0.1) is 12.6 Å². The Hall–Kier alpha value is -2.17. The minimum atomic E-state index is 0.176. The van der Waals surface area contributed by atoms with E-state index >= 15 is 0 Å². The van der Waals surface area contributed by atoms with Crippen LogP contribution in [0.3, 0.4) is 0 Å². The highest BCUT2D eigenvalue weighted by Gasteiger charge is 2.21. The summed E-state index contributed by atoms with van der Waals surface area (Å²) in [4.78, 5) is 6.42. The predicted octanol–water partition coefficient (Wildman–Crippen LogP) is 3.61. The summed E-state index contributed by atoms with van der Waals surface area (Å²) >= 11 is 6.10. The second kappa shape index (κ2) is 8.62. The van der Waals surface area contributed by atoms with Crippen LogP contribution in [0.2, 0.25) is 0 Å². The van der Waals surface area contributed by atoms with Crippen LogP contribution in [0.15, 0.2) is 73.3 Å². The lowest BCUT2D eigenvalue weighted by atomic mass is 9.97. The Morgan fingerprint density at radius 2 is 1.54 bits per heavy atom. The molecular weight excluding hydrogens is 320 g/mol. The minimum Gasteiger partial charge on any atom is -0.289 e. The number of rotatable bonds is 8. The van der Waals surface area contributed by atoms with Crippen molar-refractivity contribution < 1.29 is 0 Å². The van der Waals surface area contributed by atoms with Gasteiger partial charge in [0, 0.05) is 19.0 Å². The highest BCUT2D eigenvalue weighted by atomic mass is 35.5. The van der Waals surface area contributed by atoms with Crippen molar-refractivity contribution in [2.24, 2.45) is 0 Å². The number of hydrogen-bond acceptors (Lipinski definition) is 3. The molecule has 0 fully saturated rings. The molecule has 0 spiro atoms. The third kappa shape index (κ3) is 4.22. The van der Waals surface area contributed by atoms with Gasteiger partial charge in [-0.2, -0.15) is 5.10 Å². The third-order valence-electron chi connectivity index (χ3n) is 4.05. The van der Waals surface area contributed by atoms with E-state index in [0.29, 0.717) is 5.88 Å². The van der Waals surface area contributed by atoms with Crippen molar-refractivity contribution in [3.05, 3.63) is 84.4 Å². The number of nitrogens with zero attached hydrogens (tertiary/aromatic N) is 4. The average molecular weight is 341 g/mol. The van der Waals surface area contributed by atoms with Crippen molar-refractivity contribution >= 4 is 11.6 Å². The van der Waals surface area contributed by atoms with Crippen molar-refractivity contribution in [3.63, 3.8) is 0 Å². The molecule has 124 valence electrons. The summed E-state index contributed by atoms with van der Waals surface area (Å²) in [6, 6.07) is 21.3. The molecule has 0 unspecified atom stereocenters. The van der Waals surface area contributed by atoms with E-state index in [1.807, 2.05) is 16.8 Å². The van der Waals surface area contributed by atoms with E-state index in [1.165, 1.54) is 11.1 Å². The number of aromatic nitrogens is 3. The Labute approximate surface area is 147 Å². The first-order chi connectivity index (χ1) is 11.9. The molecule has 2 aromatic carbocycles. The van der Waals surface area contributed by atoms with E-state index < -0.39 is 0 Å². The fourth-order valence-corrected chi connectivity index (χ4v) is 3.16. The molecule has 3 aromatic rings. The fourth-order valence-electron chi connectivity index (χ4n) is 2.94. The average Bonchev–Trinajstić information content (AvgIpc) is 3.15. The van der Waals surface area contributed by atoms with Gasteiger partial charge in [0.15, 0.2) is 0 Å². The lowest BCUT2D eigenvalue weighted by Gasteiger charge is -2.32. The van der Waals surface area contributed by atoms with Crippen LogP contribution in [-0.4, -0.2) is 38.6 Å². The van der Waals surface area contributed by atoms with Crippen LogP contribution in [0.1, 0.15) is 17.2 Å². The van der Waals surface area contributed by atoms with E-state index in [4.69, 9.17) is 11.6 Å². The molecular formula is C19H21ClN4. The van der Waals surface area contributed by atoms with Gasteiger partial charge >= 0.3 is 0 Å². The maximum atomic E-state index is 6.10. The SMILES string of the molecule is ClCCN(CCn1cncn1)C(c1ccccc1)c1ccccc1. The summed E-state index contributed by atoms with van der Waals surface area (Å²) in [5, 5.41) is 4.20. The first-order valence-electron chi connectivity index (χ1n) is 8.11. The fraction of sp³-hybridized carbons (Fsp3) is 0.263. The van der Waals surface area contributed by atoms with E-state index in [0.717, 1.165) is 19.6 Å². The van der Waals surface area contributed by atoms with Crippen molar-refractivity contribution in [3.8, 4) is 0 Å². The van der Waals surface area contributed by atoms with Crippen LogP contribution in [-0.2, 0) is 6.54 Å². The number of alkyl halides is 1. The zero-order valence-corrected chi connectivity index (χ0v) is 14.3. The van der Waals surface area contributed by atoms with Crippen LogP contribution in [0.5, 0.6) is 0 Å². The number of benzene rings is 2. The number of halogens is 1. The summed E-state index contributed by atoms with van der Waals surface area (Å²) in [5.41, 5.74) is 2.54. The van der Waals surface area contributed by atoms with E-state index in [-0.39, 0.29) is 6.04 Å². The molecule has 0 aliphatic rings. The van der Waals surface area contributed by atoms with Crippen molar-refractivity contribution in [1.29, 1.82) is 0 Å². The molecule has 0 saturated heterocycles. The molecule has 0 saturated carbocycles. The molecule has 1 aromatic heterocycles. The molecule has 1 heterocycles. The van der Waals surface area contributed by atoms with E-state index in [1.54, 1.807) is 12.7 Å². The van der Waals surface area contributed by atoms with Crippen LogP contribution in [0.25, 0.3) is 0 Å². The Balaban J connectivity index is 1.88. The van der Waals surface area contributed by atoms with Crippen molar-refractivity contribution in [1.82, 2.24) is 19.7 Å². The molecule has 3 rings (SSSR count). The minimum absolute atomic E-state index is 0.176. The zero-order valence-electron chi connectivity index (χ0n) is 13.5. The standard InChI is InChI=1S/C19H21ClN4/c20-11-12-23(13-14-24-16-21-15-22-24)19(17-7-3-1-4-8-17)18-9-5-2-6-10-18/h1-10,15-16,19H,11-14H2. The van der Waals surface area contributed by atoms with Gasteiger partial charge in [-0.1, -0.05) is 60.7 Å². The second-order valence-electron chi connectivity index (χ2n) is 5.61. The van der Waals surface area contributed by atoms with Gasteiger partial charge in [0.1, 0.15) is 12.7 Å². The highest BCUT2D eigenvalue weighted by Crippen LogP contribution is 2.28. The third-order valence-corrected chi connectivity index (χ3v) is 4.22. The monoisotopic (exact) mass is 340 g/mol. The smallest absolute Gasteiger partial charge is 0.137 e. The van der Waals surface area contributed by atoms with Gasteiger partial charge < -0.3 is 0 Å². The van der Waals surface area contributed by atoms with Crippen molar-refractivity contribution in [2.45, 2.75) is 12.6 Å². The molecule has 0 amide bonds. The van der Waals surface area contributed by atoms with Gasteiger partial charge in [-0.15, -0.1) is 11.6 Å². The molecule has 5 heteroatoms. The first-order valence-corrected chi connectivity index (χ1v) is 8.64. The van der Waals surface area contributed by atoms with Gasteiger partial charge in [0.25, 0.3) is 0 Å². The second-order valence-corrected chi connectivity index (χ2v) is 5.99. The van der Waals surface area contributed by atoms with E-state index in [2.05, 4.69) is 63.5 Å². The highest BCUT2D eigenvalue weighted by molar-refractivity contribution is 6.18. The Morgan fingerprint density at radius 3 is 2.04 bits per heavy atom.